The molecule has 2 rings (SSSR count). The monoisotopic (exact) mass is 354 g/mol. The Morgan fingerprint density at radius 3 is 2.72 bits per heavy atom. The zero-order chi connectivity index (χ0) is 18.5. The van der Waals surface area contributed by atoms with E-state index in [0.717, 1.165) is 45.1 Å². The van der Waals surface area contributed by atoms with E-state index < -0.39 is 5.60 Å². The Labute approximate surface area is 151 Å². The van der Waals surface area contributed by atoms with E-state index in [1.54, 1.807) is 4.90 Å². The summed E-state index contributed by atoms with van der Waals surface area (Å²) in [5, 5.41) is 3.39. The van der Waals surface area contributed by atoms with Crippen LogP contribution >= 0.6 is 0 Å². The average Bonchev–Trinajstić information content (AvgIpc) is 3.16. The highest BCUT2D eigenvalue weighted by molar-refractivity contribution is 5.80. The largest absolute Gasteiger partial charge is 0.444 e. The number of hydrogen-bond acceptors (Lipinski definition) is 4. The lowest BCUT2D eigenvalue weighted by Gasteiger charge is -2.28. The third-order valence-electron chi connectivity index (χ3n) is 4.83. The van der Waals surface area contributed by atoms with Crippen molar-refractivity contribution >= 4 is 12.1 Å². The molecule has 2 aliphatic rings. The van der Waals surface area contributed by atoms with Crippen molar-refractivity contribution < 1.29 is 14.3 Å². The SMILES string of the molecule is CCN(CCNC(=NC)N1CCC2(CCOC2)C1)C(=O)OC(C)(C)C. The maximum atomic E-state index is 12.2. The number of aliphatic imine (C=N–C) groups is 1. The van der Waals surface area contributed by atoms with E-state index in [-0.39, 0.29) is 6.09 Å². The molecule has 7 heteroatoms. The molecule has 2 aliphatic heterocycles. The van der Waals surface area contributed by atoms with Gasteiger partial charge in [0, 0.05) is 51.8 Å². The molecule has 1 atom stereocenters. The molecule has 1 amide bonds. The maximum absolute atomic E-state index is 12.2. The maximum Gasteiger partial charge on any atom is 0.410 e. The number of hydrogen-bond donors (Lipinski definition) is 1. The lowest BCUT2D eigenvalue weighted by Crippen LogP contribution is -2.45. The third kappa shape index (κ3) is 5.49. The van der Waals surface area contributed by atoms with Gasteiger partial charge in [-0.3, -0.25) is 4.99 Å². The zero-order valence-electron chi connectivity index (χ0n) is 16.4. The number of carbonyl (C=O) groups excluding carboxylic acids is 1. The molecule has 0 saturated carbocycles. The van der Waals surface area contributed by atoms with Crippen molar-refractivity contribution in [1.29, 1.82) is 0 Å². The van der Waals surface area contributed by atoms with Crippen LogP contribution in [0, 0.1) is 5.41 Å². The Morgan fingerprint density at radius 2 is 2.16 bits per heavy atom. The van der Waals surface area contributed by atoms with E-state index >= 15 is 0 Å². The van der Waals surface area contributed by atoms with Crippen LogP contribution in [-0.4, -0.2) is 80.4 Å². The number of nitrogens with zero attached hydrogens (tertiary/aromatic N) is 3. The third-order valence-corrected chi connectivity index (χ3v) is 4.83. The zero-order valence-corrected chi connectivity index (χ0v) is 16.4. The molecule has 144 valence electrons. The predicted octanol–water partition coefficient (Wildman–Crippen LogP) is 1.93. The molecule has 2 fully saturated rings. The fraction of sp³-hybridized carbons (Fsp3) is 0.889. The minimum Gasteiger partial charge on any atom is -0.444 e. The van der Waals surface area contributed by atoms with Gasteiger partial charge in [0.2, 0.25) is 0 Å². The number of guanidine groups is 1. The molecular weight excluding hydrogens is 320 g/mol. The minimum atomic E-state index is -0.471. The summed E-state index contributed by atoms with van der Waals surface area (Å²) in [6.07, 6.45) is 2.03. The first-order chi connectivity index (χ1) is 11.8. The summed E-state index contributed by atoms with van der Waals surface area (Å²) in [7, 11) is 1.81. The molecule has 0 aromatic carbocycles. The van der Waals surface area contributed by atoms with Crippen molar-refractivity contribution in [1.82, 2.24) is 15.1 Å². The van der Waals surface area contributed by atoms with E-state index in [2.05, 4.69) is 15.2 Å². The summed E-state index contributed by atoms with van der Waals surface area (Å²) in [5.74, 6) is 0.906. The first-order valence-corrected chi connectivity index (χ1v) is 9.30. The van der Waals surface area contributed by atoms with Crippen LogP contribution in [0.3, 0.4) is 0 Å². The number of nitrogens with one attached hydrogen (secondary N) is 1. The molecular formula is C18H34N4O3. The number of rotatable bonds is 4. The summed E-state index contributed by atoms with van der Waals surface area (Å²) >= 11 is 0. The molecule has 0 bridgehead atoms. The normalized spacial score (nSPS) is 24.0. The average molecular weight is 354 g/mol. The van der Waals surface area contributed by atoms with E-state index in [9.17, 15) is 4.79 Å². The Morgan fingerprint density at radius 1 is 1.40 bits per heavy atom. The Hall–Kier alpha value is -1.50. The highest BCUT2D eigenvalue weighted by Gasteiger charge is 2.42. The van der Waals surface area contributed by atoms with E-state index in [4.69, 9.17) is 9.47 Å². The Balaban J connectivity index is 1.79. The van der Waals surface area contributed by atoms with E-state index in [1.165, 1.54) is 0 Å². The quantitative estimate of drug-likeness (QED) is 0.617. The Bertz CT molecular complexity index is 481. The molecule has 0 aliphatic carbocycles. The topological polar surface area (TPSA) is 66.4 Å². The van der Waals surface area contributed by atoms with Crippen LogP contribution in [0.2, 0.25) is 0 Å². The van der Waals surface area contributed by atoms with Crippen molar-refractivity contribution in [3.05, 3.63) is 0 Å². The van der Waals surface area contributed by atoms with Gasteiger partial charge in [-0.1, -0.05) is 0 Å². The fourth-order valence-corrected chi connectivity index (χ4v) is 3.43. The molecule has 0 aromatic heterocycles. The summed E-state index contributed by atoms with van der Waals surface area (Å²) in [6, 6.07) is 0. The fourth-order valence-electron chi connectivity index (χ4n) is 3.43. The highest BCUT2D eigenvalue weighted by Crippen LogP contribution is 2.38. The standard InChI is InChI=1S/C18H34N4O3/c1-6-21(16(23)25-17(2,3)4)11-9-20-15(19-5)22-10-7-18(13-22)8-12-24-14-18/h6-14H2,1-5H3,(H,19,20). The van der Waals surface area contributed by atoms with E-state index in [0.29, 0.717) is 25.0 Å². The van der Waals surface area contributed by atoms with Crippen molar-refractivity contribution in [3.8, 4) is 0 Å². The summed E-state index contributed by atoms with van der Waals surface area (Å²) in [6.45, 7) is 13.2. The van der Waals surface area contributed by atoms with Gasteiger partial charge in [-0.05, 0) is 40.5 Å². The van der Waals surface area contributed by atoms with Gasteiger partial charge in [0.25, 0.3) is 0 Å². The van der Waals surface area contributed by atoms with Crippen molar-refractivity contribution in [2.24, 2.45) is 10.4 Å². The molecule has 1 spiro atoms. The number of ether oxygens (including phenoxy) is 2. The summed E-state index contributed by atoms with van der Waals surface area (Å²) in [5.41, 5.74) is -0.162. The first-order valence-electron chi connectivity index (χ1n) is 9.30. The van der Waals surface area contributed by atoms with Crippen LogP contribution in [0.1, 0.15) is 40.5 Å². The number of likely N-dealkylation sites (tertiary alicyclic amines) is 1. The lowest BCUT2D eigenvalue weighted by atomic mass is 9.87. The van der Waals surface area contributed by atoms with Crippen molar-refractivity contribution in [2.45, 2.75) is 46.1 Å². The Kier molecular flexibility index (Phi) is 6.54. The first kappa shape index (κ1) is 19.8. The van der Waals surface area contributed by atoms with Crippen molar-refractivity contribution in [3.63, 3.8) is 0 Å². The van der Waals surface area contributed by atoms with Gasteiger partial charge < -0.3 is 24.6 Å². The van der Waals surface area contributed by atoms with Crippen LogP contribution in [0.4, 0.5) is 4.79 Å². The predicted molar refractivity (Wildman–Crippen MR) is 98.9 cm³/mol. The molecule has 1 N–H and O–H groups in total. The highest BCUT2D eigenvalue weighted by atomic mass is 16.6. The van der Waals surface area contributed by atoms with Crippen LogP contribution in [-0.2, 0) is 9.47 Å². The summed E-state index contributed by atoms with van der Waals surface area (Å²) in [4.78, 5) is 20.6. The van der Waals surface area contributed by atoms with E-state index in [1.807, 2.05) is 34.7 Å². The van der Waals surface area contributed by atoms with Gasteiger partial charge in [0.1, 0.15) is 5.60 Å². The second-order valence-electron chi connectivity index (χ2n) is 8.01. The number of amides is 1. The molecule has 7 nitrogen and oxygen atoms in total. The summed E-state index contributed by atoms with van der Waals surface area (Å²) < 4.78 is 11.0. The van der Waals surface area contributed by atoms with Crippen molar-refractivity contribution in [2.75, 3.05) is 53.0 Å². The molecule has 2 saturated heterocycles. The molecule has 0 radical (unpaired) electrons. The van der Waals surface area contributed by atoms with Crippen LogP contribution in [0.25, 0.3) is 0 Å². The van der Waals surface area contributed by atoms with Crippen LogP contribution in [0.5, 0.6) is 0 Å². The minimum absolute atomic E-state index is 0.269. The molecule has 1 unspecified atom stereocenters. The van der Waals surface area contributed by atoms with Gasteiger partial charge in [-0.15, -0.1) is 0 Å². The van der Waals surface area contributed by atoms with Gasteiger partial charge in [-0.25, -0.2) is 4.79 Å². The molecule has 2 heterocycles. The van der Waals surface area contributed by atoms with Gasteiger partial charge in [0.05, 0.1) is 6.61 Å². The molecule has 0 aromatic rings. The number of likely N-dealkylation sites (N-methyl/N-ethyl adjacent to an activating group) is 1. The van der Waals surface area contributed by atoms with Gasteiger partial charge in [-0.2, -0.15) is 0 Å². The second kappa shape index (κ2) is 8.25. The van der Waals surface area contributed by atoms with Crippen LogP contribution in [0.15, 0.2) is 4.99 Å². The van der Waals surface area contributed by atoms with Gasteiger partial charge >= 0.3 is 6.09 Å². The molecule has 25 heavy (non-hydrogen) atoms. The lowest BCUT2D eigenvalue weighted by molar-refractivity contribution is 0.0263. The van der Waals surface area contributed by atoms with Crippen LogP contribution < -0.4 is 5.32 Å². The number of carbonyl (C=O) groups is 1. The van der Waals surface area contributed by atoms with Gasteiger partial charge in [0.15, 0.2) is 5.96 Å². The second-order valence-corrected chi connectivity index (χ2v) is 8.01. The smallest absolute Gasteiger partial charge is 0.410 e.